The second kappa shape index (κ2) is 5.11. The summed E-state index contributed by atoms with van der Waals surface area (Å²) in [6.45, 7) is 8.51. The molecule has 120 valence electrons. The Bertz CT molecular complexity index is 769. The minimum atomic E-state index is -0.202. The molecule has 4 rings (SSSR count). The van der Waals surface area contributed by atoms with Crippen molar-refractivity contribution in [3.05, 3.63) is 46.3 Å². The molecule has 3 heterocycles. The summed E-state index contributed by atoms with van der Waals surface area (Å²) in [4.78, 5) is 12.3. The molecule has 5 heteroatoms. The largest absolute Gasteiger partial charge is 0.456 e. The highest BCUT2D eigenvalue weighted by atomic mass is 16.5. The van der Waals surface area contributed by atoms with Gasteiger partial charge in [-0.05, 0) is 39.0 Å². The summed E-state index contributed by atoms with van der Waals surface area (Å²) < 4.78 is 5.27. The molecule has 2 aliphatic heterocycles. The monoisotopic (exact) mass is 311 g/mol. The summed E-state index contributed by atoms with van der Waals surface area (Å²) in [7, 11) is 0. The van der Waals surface area contributed by atoms with Crippen LogP contribution < -0.4 is 5.32 Å². The van der Waals surface area contributed by atoms with E-state index in [-0.39, 0.29) is 11.9 Å². The lowest BCUT2D eigenvalue weighted by Gasteiger charge is -2.30. The molecule has 0 bridgehead atoms. The Morgan fingerprint density at radius 2 is 2.30 bits per heavy atom. The number of aromatic amines is 1. The predicted molar refractivity (Wildman–Crippen MR) is 87.9 cm³/mol. The van der Waals surface area contributed by atoms with E-state index in [1.807, 2.05) is 6.92 Å². The fourth-order valence-corrected chi connectivity index (χ4v) is 3.92. The van der Waals surface area contributed by atoms with Crippen molar-refractivity contribution in [3.63, 3.8) is 0 Å². The maximum absolute atomic E-state index is 12.3. The van der Waals surface area contributed by atoms with E-state index < -0.39 is 0 Å². The normalized spacial score (nSPS) is 26.2. The SMILES string of the molecule is C=C(C)[C@@H]1CC=C([C@H]2C3=C(COC3=O)Nc3n[nH]c(C)c32)CC1. The number of rotatable bonds is 2. The molecule has 0 radical (unpaired) electrons. The van der Waals surface area contributed by atoms with Gasteiger partial charge in [-0.2, -0.15) is 5.10 Å². The van der Waals surface area contributed by atoms with E-state index in [0.29, 0.717) is 12.5 Å². The van der Waals surface area contributed by atoms with E-state index in [4.69, 9.17) is 4.74 Å². The number of carbonyl (C=O) groups excluding carboxylic acids is 1. The van der Waals surface area contributed by atoms with Gasteiger partial charge < -0.3 is 10.1 Å². The Balaban J connectivity index is 1.77. The minimum Gasteiger partial charge on any atom is -0.456 e. The van der Waals surface area contributed by atoms with Gasteiger partial charge in [-0.15, -0.1) is 0 Å². The maximum Gasteiger partial charge on any atom is 0.337 e. The zero-order chi connectivity index (χ0) is 16.1. The molecule has 0 amide bonds. The zero-order valence-corrected chi connectivity index (χ0v) is 13.5. The van der Waals surface area contributed by atoms with Crippen molar-refractivity contribution >= 4 is 11.8 Å². The summed E-state index contributed by atoms with van der Waals surface area (Å²) >= 11 is 0. The molecule has 2 atom stereocenters. The quantitative estimate of drug-likeness (QED) is 0.649. The zero-order valence-electron chi connectivity index (χ0n) is 13.5. The van der Waals surface area contributed by atoms with E-state index in [2.05, 4.69) is 35.1 Å². The van der Waals surface area contributed by atoms with Crippen molar-refractivity contribution in [2.45, 2.75) is 39.0 Å². The van der Waals surface area contributed by atoms with Crippen LogP contribution in [0.1, 0.15) is 43.4 Å². The Hall–Kier alpha value is -2.30. The average molecular weight is 311 g/mol. The summed E-state index contributed by atoms with van der Waals surface area (Å²) in [5.41, 5.74) is 6.27. The van der Waals surface area contributed by atoms with E-state index in [9.17, 15) is 4.79 Å². The number of anilines is 1. The van der Waals surface area contributed by atoms with Crippen molar-refractivity contribution in [1.82, 2.24) is 10.2 Å². The number of cyclic esters (lactones) is 1. The molecule has 0 saturated heterocycles. The molecule has 1 aromatic rings. The van der Waals surface area contributed by atoms with Gasteiger partial charge in [0.2, 0.25) is 0 Å². The number of aromatic nitrogens is 2. The van der Waals surface area contributed by atoms with Crippen LogP contribution in [0.2, 0.25) is 0 Å². The van der Waals surface area contributed by atoms with Gasteiger partial charge in [-0.1, -0.05) is 23.8 Å². The van der Waals surface area contributed by atoms with Crippen molar-refractivity contribution < 1.29 is 9.53 Å². The Labute approximate surface area is 135 Å². The highest BCUT2D eigenvalue weighted by Gasteiger charge is 2.41. The van der Waals surface area contributed by atoms with Crippen LogP contribution in [0, 0.1) is 12.8 Å². The number of nitrogens with one attached hydrogen (secondary N) is 2. The van der Waals surface area contributed by atoms with Gasteiger partial charge in [0.05, 0.1) is 11.3 Å². The topological polar surface area (TPSA) is 67.0 Å². The van der Waals surface area contributed by atoms with Crippen molar-refractivity contribution in [2.75, 3.05) is 11.9 Å². The molecule has 1 aromatic heterocycles. The van der Waals surface area contributed by atoms with Crippen molar-refractivity contribution in [1.29, 1.82) is 0 Å². The van der Waals surface area contributed by atoms with Crippen LogP contribution >= 0.6 is 0 Å². The highest BCUT2D eigenvalue weighted by molar-refractivity contribution is 5.97. The maximum atomic E-state index is 12.3. The fraction of sp³-hybridized carbons (Fsp3) is 0.444. The number of H-pyrrole nitrogens is 1. The minimum absolute atomic E-state index is 0.0268. The average Bonchev–Trinajstić information content (AvgIpc) is 3.10. The first-order valence-electron chi connectivity index (χ1n) is 8.12. The van der Waals surface area contributed by atoms with Crippen LogP contribution in [-0.2, 0) is 9.53 Å². The standard InChI is InChI=1S/C18H21N3O2/c1-9(2)11-4-6-12(7-5-11)15-14-10(3)20-21-17(14)19-13-8-23-18(22)16(13)15/h6,11,15H,1,4-5,7-8H2,2-3H3,(H2,19,20,21)/t11-,15-/m1/s1. The number of ether oxygens (including phenoxy) is 1. The molecule has 1 aliphatic carbocycles. The van der Waals surface area contributed by atoms with Gasteiger partial charge in [0.15, 0.2) is 5.82 Å². The van der Waals surface area contributed by atoms with E-state index in [1.165, 1.54) is 11.1 Å². The fourth-order valence-electron chi connectivity index (χ4n) is 3.92. The second-order valence-electron chi connectivity index (χ2n) is 6.73. The third kappa shape index (κ3) is 2.14. The predicted octanol–water partition coefficient (Wildman–Crippen LogP) is 3.34. The number of hydrogen-bond donors (Lipinski definition) is 2. The first-order chi connectivity index (χ1) is 11.1. The molecule has 5 nitrogen and oxygen atoms in total. The lowest BCUT2D eigenvalue weighted by atomic mass is 9.75. The number of aryl methyl sites for hydroxylation is 1. The summed E-state index contributed by atoms with van der Waals surface area (Å²) in [6.07, 6.45) is 5.37. The molecule has 0 spiro atoms. The summed E-state index contributed by atoms with van der Waals surface area (Å²) in [5, 5.41) is 10.7. The molecular weight excluding hydrogens is 290 g/mol. The lowest BCUT2D eigenvalue weighted by molar-refractivity contribution is -0.136. The van der Waals surface area contributed by atoms with Gasteiger partial charge in [-0.3, -0.25) is 5.10 Å². The van der Waals surface area contributed by atoms with Crippen LogP contribution in [-0.4, -0.2) is 22.8 Å². The van der Waals surface area contributed by atoms with Gasteiger partial charge in [0.1, 0.15) is 6.61 Å². The number of fused-ring (bicyclic) bond motifs is 1. The Morgan fingerprint density at radius 1 is 1.48 bits per heavy atom. The molecule has 0 saturated carbocycles. The highest BCUT2D eigenvalue weighted by Crippen LogP contribution is 2.47. The van der Waals surface area contributed by atoms with Crippen LogP contribution in [0.15, 0.2) is 35.1 Å². The third-order valence-electron chi connectivity index (χ3n) is 5.25. The third-order valence-corrected chi connectivity index (χ3v) is 5.25. The number of esters is 1. The van der Waals surface area contributed by atoms with Crippen LogP contribution in [0.3, 0.4) is 0 Å². The second-order valence-corrected chi connectivity index (χ2v) is 6.73. The number of hydrogen-bond acceptors (Lipinski definition) is 4. The molecular formula is C18H21N3O2. The first-order valence-corrected chi connectivity index (χ1v) is 8.12. The van der Waals surface area contributed by atoms with Gasteiger partial charge >= 0.3 is 5.97 Å². The van der Waals surface area contributed by atoms with E-state index in [0.717, 1.165) is 47.6 Å². The van der Waals surface area contributed by atoms with Crippen molar-refractivity contribution in [2.24, 2.45) is 5.92 Å². The van der Waals surface area contributed by atoms with Gasteiger partial charge in [-0.25, -0.2) is 4.79 Å². The van der Waals surface area contributed by atoms with Crippen LogP contribution in [0.5, 0.6) is 0 Å². The smallest absolute Gasteiger partial charge is 0.337 e. The Kier molecular flexibility index (Phi) is 3.18. The molecule has 23 heavy (non-hydrogen) atoms. The molecule has 2 N–H and O–H groups in total. The van der Waals surface area contributed by atoms with Gasteiger partial charge in [0, 0.05) is 17.2 Å². The number of nitrogens with zero attached hydrogens (tertiary/aromatic N) is 1. The molecule has 0 fully saturated rings. The molecule has 0 aromatic carbocycles. The van der Waals surface area contributed by atoms with Gasteiger partial charge in [0.25, 0.3) is 0 Å². The molecule has 3 aliphatic rings. The number of carbonyl (C=O) groups is 1. The summed E-state index contributed by atoms with van der Waals surface area (Å²) in [6, 6.07) is 0. The van der Waals surface area contributed by atoms with Crippen LogP contribution in [0.25, 0.3) is 0 Å². The Morgan fingerprint density at radius 3 is 3.00 bits per heavy atom. The van der Waals surface area contributed by atoms with E-state index in [1.54, 1.807) is 0 Å². The summed E-state index contributed by atoms with van der Waals surface area (Å²) in [5.74, 6) is 1.15. The van der Waals surface area contributed by atoms with Crippen LogP contribution in [0.4, 0.5) is 5.82 Å². The van der Waals surface area contributed by atoms with Crippen molar-refractivity contribution in [3.8, 4) is 0 Å². The molecule has 0 unspecified atom stereocenters. The first kappa shape index (κ1) is 14.3. The lowest BCUT2D eigenvalue weighted by Crippen LogP contribution is -2.22. The van der Waals surface area contributed by atoms with E-state index >= 15 is 0 Å². The number of allylic oxidation sites excluding steroid dienone is 3.